The van der Waals surface area contributed by atoms with Gasteiger partial charge in [-0.15, -0.1) is 0 Å². The van der Waals surface area contributed by atoms with E-state index in [9.17, 15) is 8.42 Å². The van der Waals surface area contributed by atoms with Gasteiger partial charge in [-0.2, -0.15) is 0 Å². The zero-order valence-corrected chi connectivity index (χ0v) is 15.6. The van der Waals surface area contributed by atoms with Crippen molar-refractivity contribution in [2.45, 2.75) is 43.5 Å². The van der Waals surface area contributed by atoms with Gasteiger partial charge in [-0.05, 0) is 73.6 Å². The fourth-order valence-corrected chi connectivity index (χ4v) is 4.86. The molecule has 0 spiro atoms. The summed E-state index contributed by atoms with van der Waals surface area (Å²) in [5.74, 6) is 1.36. The monoisotopic (exact) mass is 373 g/mol. The number of aryl methyl sites for hydroxylation is 2. The Labute approximate surface area is 154 Å². The van der Waals surface area contributed by atoms with Crippen LogP contribution in [0.15, 0.2) is 41.3 Å². The van der Waals surface area contributed by atoms with Crippen LogP contribution in [0.1, 0.15) is 42.5 Å². The molecule has 1 N–H and O–H groups in total. The van der Waals surface area contributed by atoms with Gasteiger partial charge in [-0.1, -0.05) is 12.1 Å². The lowest BCUT2D eigenvalue weighted by atomic mass is 9.92. The molecule has 0 amide bonds. The van der Waals surface area contributed by atoms with Crippen molar-refractivity contribution in [3.05, 3.63) is 53.1 Å². The molecular weight excluding hydrogens is 350 g/mol. The molecule has 0 radical (unpaired) electrons. The van der Waals surface area contributed by atoms with Gasteiger partial charge in [0.2, 0.25) is 10.0 Å². The molecule has 0 aromatic heterocycles. The second kappa shape index (κ2) is 6.93. The predicted octanol–water partition coefficient (Wildman–Crippen LogP) is 3.38. The summed E-state index contributed by atoms with van der Waals surface area (Å²) in [6.45, 7) is 2.87. The fraction of sp³-hybridized carbons (Fsp3) is 0.400. The molecule has 0 fully saturated rings. The molecule has 1 atom stereocenters. The van der Waals surface area contributed by atoms with Crippen molar-refractivity contribution in [2.75, 3.05) is 13.2 Å². The summed E-state index contributed by atoms with van der Waals surface area (Å²) in [4.78, 5) is 0.336. The van der Waals surface area contributed by atoms with Gasteiger partial charge in [0.25, 0.3) is 0 Å². The van der Waals surface area contributed by atoms with Crippen molar-refractivity contribution < 1.29 is 17.9 Å². The largest absolute Gasteiger partial charge is 0.486 e. The van der Waals surface area contributed by atoms with Crippen LogP contribution in [0, 0.1) is 0 Å². The van der Waals surface area contributed by atoms with Crippen molar-refractivity contribution in [2.24, 2.45) is 0 Å². The molecule has 0 bridgehead atoms. The Kier molecular flexibility index (Phi) is 4.63. The predicted molar refractivity (Wildman–Crippen MR) is 99.3 cm³/mol. The first kappa shape index (κ1) is 17.4. The number of ether oxygens (including phenoxy) is 2. The first-order chi connectivity index (χ1) is 12.5. The van der Waals surface area contributed by atoms with Gasteiger partial charge in [0.1, 0.15) is 13.2 Å². The third-order valence-corrected chi connectivity index (χ3v) is 6.57. The van der Waals surface area contributed by atoms with Crippen LogP contribution in [0.5, 0.6) is 11.5 Å². The molecule has 2 aromatic carbocycles. The normalized spacial score (nSPS) is 17.4. The van der Waals surface area contributed by atoms with Crippen molar-refractivity contribution in [3.63, 3.8) is 0 Å². The van der Waals surface area contributed by atoms with E-state index in [1.54, 1.807) is 6.07 Å². The van der Waals surface area contributed by atoms with Crippen LogP contribution in [0.25, 0.3) is 0 Å². The minimum Gasteiger partial charge on any atom is -0.486 e. The van der Waals surface area contributed by atoms with Gasteiger partial charge in [0, 0.05) is 6.04 Å². The van der Waals surface area contributed by atoms with Crippen LogP contribution in [0.2, 0.25) is 0 Å². The van der Waals surface area contributed by atoms with Crippen LogP contribution >= 0.6 is 0 Å². The van der Waals surface area contributed by atoms with Crippen molar-refractivity contribution in [1.82, 2.24) is 4.72 Å². The molecule has 2 aliphatic rings. The topological polar surface area (TPSA) is 64.6 Å². The van der Waals surface area contributed by atoms with Gasteiger partial charge in [0.05, 0.1) is 4.90 Å². The standard InChI is InChI=1S/C20H23NO4S/c1-14(16-7-9-19-20(13-16)25-11-10-24-19)21-26(22,23)18-8-6-15-4-2-3-5-17(15)12-18/h6-9,12-14,21H,2-5,10-11H2,1H3/t14-/m1/s1. The number of nitrogens with one attached hydrogen (secondary N) is 1. The maximum absolute atomic E-state index is 12.8. The maximum Gasteiger partial charge on any atom is 0.241 e. The maximum atomic E-state index is 12.8. The summed E-state index contributed by atoms with van der Waals surface area (Å²) in [5, 5.41) is 0. The fourth-order valence-electron chi connectivity index (χ4n) is 3.58. The Bertz CT molecular complexity index is 923. The van der Waals surface area contributed by atoms with Crippen LogP contribution in [-0.4, -0.2) is 21.6 Å². The summed E-state index contributed by atoms with van der Waals surface area (Å²) in [7, 11) is -3.58. The number of fused-ring (bicyclic) bond motifs is 2. The third-order valence-electron chi connectivity index (χ3n) is 5.03. The Balaban J connectivity index is 1.55. The highest BCUT2D eigenvalue weighted by Crippen LogP contribution is 2.33. The van der Waals surface area contributed by atoms with Crippen LogP contribution in [0.4, 0.5) is 0 Å². The van der Waals surface area contributed by atoms with E-state index in [0.717, 1.165) is 30.4 Å². The number of hydrogen-bond acceptors (Lipinski definition) is 4. The average molecular weight is 373 g/mol. The highest BCUT2D eigenvalue weighted by atomic mass is 32.2. The smallest absolute Gasteiger partial charge is 0.241 e. The molecule has 4 rings (SSSR count). The van der Waals surface area contributed by atoms with Crippen molar-refractivity contribution in [3.8, 4) is 11.5 Å². The molecule has 2 aromatic rings. The summed E-state index contributed by atoms with van der Waals surface area (Å²) in [5.41, 5.74) is 3.27. The second-order valence-electron chi connectivity index (χ2n) is 6.88. The minimum absolute atomic E-state index is 0.336. The van der Waals surface area contributed by atoms with Gasteiger partial charge in [0.15, 0.2) is 11.5 Å². The molecule has 26 heavy (non-hydrogen) atoms. The van der Waals surface area contributed by atoms with Gasteiger partial charge in [-0.25, -0.2) is 13.1 Å². The van der Waals surface area contributed by atoms with E-state index < -0.39 is 10.0 Å². The highest BCUT2D eigenvalue weighted by Gasteiger charge is 2.22. The highest BCUT2D eigenvalue weighted by molar-refractivity contribution is 7.89. The molecule has 0 saturated carbocycles. The Morgan fingerprint density at radius 3 is 2.46 bits per heavy atom. The zero-order chi connectivity index (χ0) is 18.1. The first-order valence-corrected chi connectivity index (χ1v) is 10.5. The van der Waals surface area contributed by atoms with Crippen LogP contribution in [-0.2, 0) is 22.9 Å². The summed E-state index contributed by atoms with van der Waals surface area (Å²) < 4.78 is 39.5. The Morgan fingerprint density at radius 1 is 0.923 bits per heavy atom. The first-order valence-electron chi connectivity index (χ1n) is 9.07. The number of rotatable bonds is 4. The second-order valence-corrected chi connectivity index (χ2v) is 8.60. The summed E-state index contributed by atoms with van der Waals surface area (Å²) >= 11 is 0. The molecule has 1 aliphatic carbocycles. The summed E-state index contributed by atoms with van der Waals surface area (Å²) in [6, 6.07) is 10.7. The third kappa shape index (κ3) is 3.44. The Hall–Kier alpha value is -2.05. The van der Waals surface area contributed by atoms with E-state index in [1.807, 2.05) is 37.3 Å². The van der Waals surface area contributed by atoms with E-state index in [4.69, 9.17) is 9.47 Å². The number of sulfonamides is 1. The molecule has 6 heteroatoms. The molecule has 138 valence electrons. The molecular formula is C20H23NO4S. The van der Waals surface area contributed by atoms with Crippen LogP contribution in [0.3, 0.4) is 0 Å². The molecule has 0 saturated heterocycles. The van der Waals surface area contributed by atoms with Crippen LogP contribution < -0.4 is 14.2 Å². The van der Waals surface area contributed by atoms with Gasteiger partial charge >= 0.3 is 0 Å². The molecule has 1 heterocycles. The average Bonchev–Trinajstić information content (AvgIpc) is 2.67. The van der Waals surface area contributed by atoms with E-state index in [-0.39, 0.29) is 6.04 Å². The van der Waals surface area contributed by atoms with Gasteiger partial charge < -0.3 is 9.47 Å². The van der Waals surface area contributed by atoms with E-state index >= 15 is 0 Å². The lowest BCUT2D eigenvalue weighted by Gasteiger charge is -2.21. The lowest BCUT2D eigenvalue weighted by molar-refractivity contribution is 0.171. The summed E-state index contributed by atoms with van der Waals surface area (Å²) in [6.07, 6.45) is 4.29. The minimum atomic E-state index is -3.58. The zero-order valence-electron chi connectivity index (χ0n) is 14.8. The van der Waals surface area contributed by atoms with E-state index in [1.165, 1.54) is 12.0 Å². The van der Waals surface area contributed by atoms with Crippen molar-refractivity contribution >= 4 is 10.0 Å². The van der Waals surface area contributed by atoms with E-state index in [0.29, 0.717) is 29.6 Å². The lowest BCUT2D eigenvalue weighted by Crippen LogP contribution is -2.27. The number of benzene rings is 2. The molecule has 1 aliphatic heterocycles. The molecule has 5 nitrogen and oxygen atoms in total. The SMILES string of the molecule is C[C@@H](NS(=O)(=O)c1ccc2c(c1)CCCC2)c1ccc2c(c1)OCCO2. The van der Waals surface area contributed by atoms with Crippen molar-refractivity contribution in [1.29, 1.82) is 0 Å². The quantitative estimate of drug-likeness (QED) is 0.892. The number of hydrogen-bond donors (Lipinski definition) is 1. The Morgan fingerprint density at radius 2 is 1.65 bits per heavy atom. The van der Waals surface area contributed by atoms with E-state index in [2.05, 4.69) is 4.72 Å². The van der Waals surface area contributed by atoms with Gasteiger partial charge in [-0.3, -0.25) is 0 Å². The molecule has 0 unspecified atom stereocenters.